The first-order valence-corrected chi connectivity index (χ1v) is 9.58. The van der Waals surface area contributed by atoms with Crippen molar-refractivity contribution in [3.63, 3.8) is 0 Å². The van der Waals surface area contributed by atoms with Crippen molar-refractivity contribution in [2.45, 2.75) is 39.2 Å². The molecule has 5 nitrogen and oxygen atoms in total. The summed E-state index contributed by atoms with van der Waals surface area (Å²) < 4.78 is 0. The normalized spacial score (nSPS) is 19.0. The first-order chi connectivity index (χ1) is 13.0. The molecule has 0 aromatic heterocycles. The average Bonchev–Trinajstić information content (AvgIpc) is 2.75. The molecule has 0 aliphatic carbocycles. The number of nitrogens with one attached hydrogen (secondary N) is 1. The molecule has 0 saturated carbocycles. The standard InChI is InChI=1S/C22H25N3O2/c1-15-9-10-19-17(12-15)6-5-11-24(19)14-22(27)25-16(2)13-21(26)23-18-7-3-4-8-20(18)25/h3-4,7-10,12,16H,5-6,11,13-14H2,1-2H3,(H,23,26)/t16-/m0/s1. The predicted molar refractivity (Wildman–Crippen MR) is 108 cm³/mol. The Hall–Kier alpha value is -2.82. The van der Waals surface area contributed by atoms with Gasteiger partial charge in [0.25, 0.3) is 0 Å². The number of carbonyl (C=O) groups is 2. The Morgan fingerprint density at radius 3 is 2.85 bits per heavy atom. The SMILES string of the molecule is Cc1ccc2c(c1)CCCN2CC(=O)N1c2ccccc2NC(=O)C[C@@H]1C. The summed E-state index contributed by atoms with van der Waals surface area (Å²) in [5.74, 6) is -0.0241. The molecule has 2 heterocycles. The summed E-state index contributed by atoms with van der Waals surface area (Å²) in [6.45, 7) is 5.24. The topological polar surface area (TPSA) is 52.7 Å². The Morgan fingerprint density at radius 2 is 2.00 bits per heavy atom. The smallest absolute Gasteiger partial charge is 0.246 e. The molecule has 0 fully saturated rings. The van der Waals surface area contributed by atoms with Gasteiger partial charge in [-0.25, -0.2) is 0 Å². The van der Waals surface area contributed by atoms with Gasteiger partial charge in [-0.2, -0.15) is 0 Å². The van der Waals surface area contributed by atoms with Crippen molar-refractivity contribution in [2.24, 2.45) is 0 Å². The molecule has 140 valence electrons. The molecule has 2 aromatic rings. The van der Waals surface area contributed by atoms with Gasteiger partial charge in [0.2, 0.25) is 11.8 Å². The number of anilines is 3. The van der Waals surface area contributed by atoms with Crippen LogP contribution in [0.3, 0.4) is 0 Å². The highest BCUT2D eigenvalue weighted by Gasteiger charge is 2.31. The largest absolute Gasteiger partial charge is 0.362 e. The van der Waals surface area contributed by atoms with Crippen LogP contribution < -0.4 is 15.1 Å². The van der Waals surface area contributed by atoms with E-state index in [1.54, 1.807) is 4.90 Å². The maximum absolute atomic E-state index is 13.3. The minimum absolute atomic E-state index is 0.0277. The van der Waals surface area contributed by atoms with Crippen molar-refractivity contribution < 1.29 is 9.59 Å². The molecule has 0 unspecified atom stereocenters. The predicted octanol–water partition coefficient (Wildman–Crippen LogP) is 3.51. The molecular formula is C22H25N3O2. The Morgan fingerprint density at radius 1 is 1.19 bits per heavy atom. The molecule has 27 heavy (non-hydrogen) atoms. The lowest BCUT2D eigenvalue weighted by Crippen LogP contribution is -2.46. The van der Waals surface area contributed by atoms with Gasteiger partial charge in [-0.3, -0.25) is 9.59 Å². The molecule has 0 saturated heterocycles. The van der Waals surface area contributed by atoms with Crippen LogP contribution >= 0.6 is 0 Å². The fraction of sp³-hybridized carbons (Fsp3) is 0.364. The number of rotatable bonds is 2. The Balaban J connectivity index is 1.63. The van der Waals surface area contributed by atoms with Crippen LogP contribution in [0.25, 0.3) is 0 Å². The molecule has 2 amide bonds. The van der Waals surface area contributed by atoms with Gasteiger partial charge in [-0.05, 0) is 50.5 Å². The van der Waals surface area contributed by atoms with Gasteiger partial charge in [0.05, 0.1) is 17.9 Å². The van der Waals surface area contributed by atoms with E-state index >= 15 is 0 Å². The van der Waals surface area contributed by atoms with E-state index in [9.17, 15) is 9.59 Å². The third-order valence-electron chi connectivity index (χ3n) is 5.40. The highest BCUT2D eigenvalue weighted by Crippen LogP contribution is 2.33. The van der Waals surface area contributed by atoms with E-state index in [0.29, 0.717) is 18.7 Å². The first kappa shape index (κ1) is 17.6. The van der Waals surface area contributed by atoms with Gasteiger partial charge >= 0.3 is 0 Å². The molecule has 0 spiro atoms. The van der Waals surface area contributed by atoms with Crippen LogP contribution in [0.15, 0.2) is 42.5 Å². The van der Waals surface area contributed by atoms with E-state index in [1.807, 2.05) is 31.2 Å². The van der Waals surface area contributed by atoms with Crippen molar-refractivity contribution in [3.05, 3.63) is 53.6 Å². The van der Waals surface area contributed by atoms with Gasteiger partial charge in [0.1, 0.15) is 0 Å². The van der Waals surface area contributed by atoms with Crippen LogP contribution in [0, 0.1) is 6.92 Å². The van der Waals surface area contributed by atoms with E-state index in [2.05, 4.69) is 35.3 Å². The summed E-state index contributed by atoms with van der Waals surface area (Å²) in [5.41, 5.74) is 5.21. The molecule has 2 aliphatic rings. The van der Waals surface area contributed by atoms with Crippen LogP contribution in [-0.4, -0.2) is 30.9 Å². The van der Waals surface area contributed by atoms with Gasteiger partial charge in [0, 0.05) is 24.7 Å². The summed E-state index contributed by atoms with van der Waals surface area (Å²) in [6, 6.07) is 13.8. The van der Waals surface area contributed by atoms with Crippen LogP contribution in [0.2, 0.25) is 0 Å². The maximum atomic E-state index is 13.3. The lowest BCUT2D eigenvalue weighted by Gasteiger charge is -2.34. The van der Waals surface area contributed by atoms with Crippen molar-refractivity contribution in [1.82, 2.24) is 0 Å². The zero-order valence-corrected chi connectivity index (χ0v) is 15.9. The van der Waals surface area contributed by atoms with E-state index in [0.717, 1.165) is 30.8 Å². The number of hydrogen-bond acceptors (Lipinski definition) is 3. The quantitative estimate of drug-likeness (QED) is 0.888. The minimum Gasteiger partial charge on any atom is -0.362 e. The summed E-state index contributed by atoms with van der Waals surface area (Å²) in [7, 11) is 0. The van der Waals surface area contributed by atoms with Crippen LogP contribution in [0.4, 0.5) is 17.1 Å². The minimum atomic E-state index is -0.177. The number of fused-ring (bicyclic) bond motifs is 2. The fourth-order valence-electron chi connectivity index (χ4n) is 4.18. The lowest BCUT2D eigenvalue weighted by atomic mass is 9.99. The molecule has 4 rings (SSSR count). The van der Waals surface area contributed by atoms with Gasteiger partial charge in [-0.1, -0.05) is 29.8 Å². The second-order valence-corrected chi connectivity index (χ2v) is 7.54. The molecule has 2 aliphatic heterocycles. The molecule has 1 N–H and O–H groups in total. The van der Waals surface area contributed by atoms with Crippen molar-refractivity contribution in [1.29, 1.82) is 0 Å². The first-order valence-electron chi connectivity index (χ1n) is 9.58. The number of aryl methyl sites for hydroxylation is 2. The third kappa shape index (κ3) is 3.42. The highest BCUT2D eigenvalue weighted by atomic mass is 16.2. The molecule has 5 heteroatoms. The van der Waals surface area contributed by atoms with Crippen molar-refractivity contribution >= 4 is 28.9 Å². The van der Waals surface area contributed by atoms with E-state index < -0.39 is 0 Å². The van der Waals surface area contributed by atoms with Gasteiger partial charge in [0.15, 0.2) is 0 Å². The number of hydrogen-bond donors (Lipinski definition) is 1. The maximum Gasteiger partial charge on any atom is 0.246 e. The zero-order chi connectivity index (χ0) is 19.0. The van der Waals surface area contributed by atoms with E-state index in [-0.39, 0.29) is 17.9 Å². The van der Waals surface area contributed by atoms with Gasteiger partial charge < -0.3 is 15.1 Å². The number of benzene rings is 2. The third-order valence-corrected chi connectivity index (χ3v) is 5.40. The summed E-state index contributed by atoms with van der Waals surface area (Å²) in [5, 5.41) is 2.92. The number of para-hydroxylation sites is 2. The molecule has 0 bridgehead atoms. The number of carbonyl (C=O) groups excluding carboxylic acids is 2. The Bertz CT molecular complexity index is 893. The molecule has 0 radical (unpaired) electrons. The second-order valence-electron chi connectivity index (χ2n) is 7.54. The molecule has 2 aromatic carbocycles. The molecular weight excluding hydrogens is 338 g/mol. The van der Waals surface area contributed by atoms with E-state index in [4.69, 9.17) is 0 Å². The Labute approximate surface area is 160 Å². The molecule has 1 atom stereocenters. The summed E-state index contributed by atoms with van der Waals surface area (Å²) in [4.78, 5) is 29.4. The lowest BCUT2D eigenvalue weighted by molar-refractivity contribution is -0.118. The summed E-state index contributed by atoms with van der Waals surface area (Å²) >= 11 is 0. The second kappa shape index (κ2) is 7.06. The fourth-order valence-corrected chi connectivity index (χ4v) is 4.18. The van der Waals surface area contributed by atoms with Crippen LogP contribution in [-0.2, 0) is 16.0 Å². The van der Waals surface area contributed by atoms with Gasteiger partial charge in [-0.15, -0.1) is 0 Å². The van der Waals surface area contributed by atoms with E-state index in [1.165, 1.54) is 11.1 Å². The monoisotopic (exact) mass is 363 g/mol. The highest BCUT2D eigenvalue weighted by molar-refractivity contribution is 6.05. The number of amides is 2. The number of nitrogens with zero attached hydrogens (tertiary/aromatic N) is 2. The summed E-state index contributed by atoms with van der Waals surface area (Å²) in [6.07, 6.45) is 2.41. The van der Waals surface area contributed by atoms with Crippen LogP contribution in [0.5, 0.6) is 0 Å². The average molecular weight is 363 g/mol. The van der Waals surface area contributed by atoms with Crippen LogP contribution in [0.1, 0.15) is 30.9 Å². The van der Waals surface area contributed by atoms with Crippen molar-refractivity contribution in [3.8, 4) is 0 Å². The Kier molecular flexibility index (Phi) is 4.60. The van der Waals surface area contributed by atoms with Crippen molar-refractivity contribution in [2.75, 3.05) is 28.2 Å². The zero-order valence-electron chi connectivity index (χ0n) is 15.9.